The molecule has 19 heavy (non-hydrogen) atoms. The largest absolute Gasteiger partial charge is 0.480 e. The third-order valence-corrected chi connectivity index (χ3v) is 3.80. The van der Waals surface area contributed by atoms with Crippen LogP contribution in [0.25, 0.3) is 0 Å². The first-order valence-electron chi connectivity index (χ1n) is 5.67. The van der Waals surface area contributed by atoms with Crippen molar-refractivity contribution in [3.8, 4) is 0 Å². The van der Waals surface area contributed by atoms with Gasteiger partial charge in [0.05, 0.1) is 5.88 Å². The molecule has 0 aromatic heterocycles. The molecule has 1 saturated heterocycles. The van der Waals surface area contributed by atoms with E-state index < -0.39 is 18.0 Å². The smallest absolute Gasteiger partial charge is 0.327 e. The summed E-state index contributed by atoms with van der Waals surface area (Å²) in [4.78, 5) is 24.1. The van der Waals surface area contributed by atoms with Crippen molar-refractivity contribution >= 4 is 23.8 Å². The highest BCUT2D eigenvalue weighted by molar-refractivity contribution is 7.99. The summed E-state index contributed by atoms with van der Waals surface area (Å²) in [6, 6.07) is 4.58. The molecule has 5 nitrogen and oxygen atoms in total. The molecule has 1 aromatic rings. The van der Waals surface area contributed by atoms with Gasteiger partial charge >= 0.3 is 12.0 Å². The van der Waals surface area contributed by atoms with Crippen molar-refractivity contribution in [1.82, 2.24) is 10.2 Å². The second-order valence-electron chi connectivity index (χ2n) is 4.11. The highest BCUT2D eigenvalue weighted by atomic mass is 32.2. The van der Waals surface area contributed by atoms with E-state index in [-0.39, 0.29) is 12.4 Å². The van der Waals surface area contributed by atoms with E-state index in [2.05, 4.69) is 5.32 Å². The number of benzene rings is 1. The first-order chi connectivity index (χ1) is 9.08. The van der Waals surface area contributed by atoms with Gasteiger partial charge in [0.1, 0.15) is 11.9 Å². The predicted octanol–water partition coefficient (Wildman–Crippen LogP) is 1.49. The van der Waals surface area contributed by atoms with Gasteiger partial charge in [-0.05, 0) is 17.7 Å². The van der Waals surface area contributed by atoms with Crippen molar-refractivity contribution in [2.75, 3.05) is 11.6 Å². The summed E-state index contributed by atoms with van der Waals surface area (Å²) in [6.45, 7) is 0.243. The molecule has 1 atom stereocenters. The quantitative estimate of drug-likeness (QED) is 0.882. The number of aliphatic carboxylic acids is 1. The number of nitrogens with zero attached hydrogens (tertiary/aromatic N) is 1. The van der Waals surface area contributed by atoms with Gasteiger partial charge in [-0.15, -0.1) is 11.8 Å². The maximum absolute atomic E-state index is 12.7. The van der Waals surface area contributed by atoms with E-state index >= 15 is 0 Å². The normalized spacial score (nSPS) is 18.4. The molecule has 0 spiro atoms. The number of hydrogen-bond donors (Lipinski definition) is 2. The van der Waals surface area contributed by atoms with Gasteiger partial charge < -0.3 is 15.3 Å². The lowest BCUT2D eigenvalue weighted by Gasteiger charge is -2.20. The molecular formula is C12H13FN2O3S. The maximum Gasteiger partial charge on any atom is 0.327 e. The van der Waals surface area contributed by atoms with E-state index in [0.29, 0.717) is 11.6 Å². The van der Waals surface area contributed by atoms with Crippen LogP contribution in [0.4, 0.5) is 9.18 Å². The molecule has 0 saturated carbocycles. The van der Waals surface area contributed by atoms with Crippen molar-refractivity contribution in [1.29, 1.82) is 0 Å². The van der Waals surface area contributed by atoms with Crippen LogP contribution >= 0.6 is 11.8 Å². The van der Waals surface area contributed by atoms with Gasteiger partial charge in [-0.3, -0.25) is 0 Å². The number of hydrogen-bond acceptors (Lipinski definition) is 3. The van der Waals surface area contributed by atoms with Gasteiger partial charge in [0.25, 0.3) is 0 Å². The molecule has 1 aliphatic heterocycles. The average molecular weight is 284 g/mol. The summed E-state index contributed by atoms with van der Waals surface area (Å²) < 4.78 is 12.7. The molecule has 2 rings (SSSR count). The van der Waals surface area contributed by atoms with Crippen molar-refractivity contribution < 1.29 is 19.1 Å². The Morgan fingerprint density at radius 1 is 1.42 bits per heavy atom. The lowest BCUT2D eigenvalue weighted by atomic mass is 10.2. The zero-order valence-electron chi connectivity index (χ0n) is 10.0. The monoisotopic (exact) mass is 284 g/mol. The van der Waals surface area contributed by atoms with Gasteiger partial charge in [-0.2, -0.15) is 0 Å². The van der Waals surface area contributed by atoms with Crippen molar-refractivity contribution in [3.05, 3.63) is 35.6 Å². The molecule has 1 fully saturated rings. The fourth-order valence-corrected chi connectivity index (χ4v) is 2.87. The van der Waals surface area contributed by atoms with E-state index in [1.54, 1.807) is 12.1 Å². The predicted molar refractivity (Wildman–Crippen MR) is 69.2 cm³/mol. The van der Waals surface area contributed by atoms with E-state index in [1.165, 1.54) is 28.8 Å². The third kappa shape index (κ3) is 3.37. The molecule has 7 heteroatoms. The van der Waals surface area contributed by atoms with Gasteiger partial charge in [-0.1, -0.05) is 12.1 Å². The van der Waals surface area contributed by atoms with Crippen LogP contribution in [0.3, 0.4) is 0 Å². The summed E-state index contributed by atoms with van der Waals surface area (Å²) in [6.07, 6.45) is 0. The number of urea groups is 1. The molecule has 1 unspecified atom stereocenters. The maximum atomic E-state index is 12.7. The SMILES string of the molecule is O=C(O)C1CSCN1C(=O)NCc1ccc(F)cc1. The second kappa shape index (κ2) is 5.92. The van der Waals surface area contributed by atoms with Crippen LogP contribution < -0.4 is 5.32 Å². The van der Waals surface area contributed by atoms with Gasteiger partial charge in [-0.25, -0.2) is 14.0 Å². The minimum atomic E-state index is -0.998. The van der Waals surface area contributed by atoms with Gasteiger partial charge in [0.15, 0.2) is 0 Å². The van der Waals surface area contributed by atoms with Gasteiger partial charge in [0.2, 0.25) is 0 Å². The number of nitrogens with one attached hydrogen (secondary N) is 1. The van der Waals surface area contributed by atoms with Crippen molar-refractivity contribution in [2.45, 2.75) is 12.6 Å². The molecule has 1 aliphatic rings. The van der Waals surface area contributed by atoms with E-state index in [4.69, 9.17) is 5.11 Å². The highest BCUT2D eigenvalue weighted by Crippen LogP contribution is 2.20. The Bertz CT molecular complexity index is 480. The van der Waals surface area contributed by atoms with Crippen molar-refractivity contribution in [3.63, 3.8) is 0 Å². The Hall–Kier alpha value is -1.76. The minimum absolute atomic E-state index is 0.243. The number of carboxylic acid groups (broad SMARTS) is 1. The number of carbonyl (C=O) groups is 2. The molecule has 102 valence electrons. The Kier molecular flexibility index (Phi) is 4.26. The average Bonchev–Trinajstić information content (AvgIpc) is 2.87. The molecule has 2 N–H and O–H groups in total. The third-order valence-electron chi connectivity index (χ3n) is 2.79. The first-order valence-corrected chi connectivity index (χ1v) is 6.83. The summed E-state index contributed by atoms with van der Waals surface area (Å²) >= 11 is 1.41. The second-order valence-corrected chi connectivity index (χ2v) is 5.11. The number of carbonyl (C=O) groups excluding carboxylic acids is 1. The fraction of sp³-hybridized carbons (Fsp3) is 0.333. The molecule has 0 aliphatic carbocycles. The summed E-state index contributed by atoms with van der Waals surface area (Å²) in [5, 5.41) is 11.6. The van der Waals surface area contributed by atoms with Crippen LogP contribution in [0.5, 0.6) is 0 Å². The van der Waals surface area contributed by atoms with Crippen LogP contribution in [0, 0.1) is 5.82 Å². The molecular weight excluding hydrogens is 271 g/mol. The van der Waals surface area contributed by atoms with Crippen LogP contribution in [0.15, 0.2) is 24.3 Å². The molecule has 1 aromatic carbocycles. The number of carboxylic acids is 1. The zero-order valence-corrected chi connectivity index (χ0v) is 10.8. The van der Waals surface area contributed by atoms with Crippen LogP contribution in [-0.2, 0) is 11.3 Å². The van der Waals surface area contributed by atoms with E-state index in [9.17, 15) is 14.0 Å². The summed E-state index contributed by atoms with van der Waals surface area (Å²) in [5.74, 6) is -0.565. The topological polar surface area (TPSA) is 69.6 Å². The Morgan fingerprint density at radius 2 is 2.11 bits per heavy atom. The fourth-order valence-electron chi connectivity index (χ4n) is 1.73. The number of rotatable bonds is 3. The number of amides is 2. The minimum Gasteiger partial charge on any atom is -0.480 e. The Labute approximate surface area is 113 Å². The summed E-state index contributed by atoms with van der Waals surface area (Å²) in [5.41, 5.74) is 0.758. The Morgan fingerprint density at radius 3 is 2.74 bits per heavy atom. The van der Waals surface area contributed by atoms with E-state index in [0.717, 1.165) is 5.56 Å². The van der Waals surface area contributed by atoms with Crippen molar-refractivity contribution in [2.24, 2.45) is 0 Å². The van der Waals surface area contributed by atoms with E-state index in [1.807, 2.05) is 0 Å². The molecule has 1 heterocycles. The Balaban J connectivity index is 1.90. The number of thioether (sulfide) groups is 1. The molecule has 0 bridgehead atoms. The lowest BCUT2D eigenvalue weighted by molar-refractivity contribution is -0.140. The number of halogens is 1. The standard InChI is InChI=1S/C12H13FN2O3S/c13-9-3-1-8(2-4-9)5-14-12(18)15-7-19-6-10(15)11(16)17/h1-4,10H,5-7H2,(H,14,18)(H,16,17). The molecule has 0 radical (unpaired) electrons. The highest BCUT2D eigenvalue weighted by Gasteiger charge is 2.34. The zero-order chi connectivity index (χ0) is 13.8. The first kappa shape index (κ1) is 13.7. The van der Waals surface area contributed by atoms with Crippen LogP contribution in [0.2, 0.25) is 0 Å². The summed E-state index contributed by atoms with van der Waals surface area (Å²) in [7, 11) is 0. The van der Waals surface area contributed by atoms with Crippen LogP contribution in [0.1, 0.15) is 5.56 Å². The molecule has 2 amide bonds. The van der Waals surface area contributed by atoms with Gasteiger partial charge in [0, 0.05) is 12.3 Å². The lowest BCUT2D eigenvalue weighted by Crippen LogP contribution is -2.46. The van der Waals surface area contributed by atoms with Crippen LogP contribution in [-0.4, -0.2) is 39.7 Å².